The smallest absolute Gasteiger partial charge is 0.359 e. The van der Waals surface area contributed by atoms with E-state index < -0.39 is 5.97 Å². The minimum absolute atomic E-state index is 0.248. The van der Waals surface area contributed by atoms with Gasteiger partial charge in [-0.2, -0.15) is 5.10 Å². The molecule has 3 aromatic rings. The van der Waals surface area contributed by atoms with Crippen LogP contribution in [0.15, 0.2) is 23.6 Å². The van der Waals surface area contributed by atoms with E-state index in [4.69, 9.17) is 14.2 Å². The number of hydrogen-bond acceptors (Lipinski definition) is 6. The van der Waals surface area contributed by atoms with E-state index in [0.717, 1.165) is 50.7 Å². The monoisotopic (exact) mass is 412 g/mol. The molecule has 0 saturated carbocycles. The normalized spacial score (nSPS) is 12.3. The Kier molecular flexibility index (Phi) is 5.32. The van der Waals surface area contributed by atoms with Gasteiger partial charge in [0.25, 0.3) is 0 Å². The van der Waals surface area contributed by atoms with Crippen LogP contribution in [-0.4, -0.2) is 29.9 Å². The third-order valence-electron chi connectivity index (χ3n) is 4.87. The van der Waals surface area contributed by atoms with Crippen LogP contribution in [0.25, 0.3) is 21.7 Å². The van der Waals surface area contributed by atoms with Crippen LogP contribution in [0.2, 0.25) is 0 Å². The van der Waals surface area contributed by atoms with Gasteiger partial charge >= 0.3 is 5.97 Å². The molecule has 0 bridgehead atoms. The highest BCUT2D eigenvalue weighted by molar-refractivity contribution is 7.13. The molecule has 0 fully saturated rings. The van der Waals surface area contributed by atoms with Crippen molar-refractivity contribution < 1.29 is 19.0 Å². The summed E-state index contributed by atoms with van der Waals surface area (Å²) in [6, 6.07) is 6.18. The van der Waals surface area contributed by atoms with Crippen LogP contribution in [0.1, 0.15) is 42.4 Å². The lowest BCUT2D eigenvalue weighted by Gasteiger charge is -2.25. The maximum atomic E-state index is 12.3. The number of H-pyrrole nitrogens is 1. The van der Waals surface area contributed by atoms with Crippen LogP contribution >= 0.6 is 11.3 Å². The van der Waals surface area contributed by atoms with Gasteiger partial charge in [-0.05, 0) is 42.3 Å². The van der Waals surface area contributed by atoms with Gasteiger partial charge in [-0.15, -0.1) is 11.3 Å². The zero-order valence-electron chi connectivity index (χ0n) is 17.0. The van der Waals surface area contributed by atoms with E-state index in [1.807, 2.05) is 11.4 Å². The topological polar surface area (TPSA) is 73.4 Å². The second-order valence-electron chi connectivity index (χ2n) is 7.33. The molecule has 4 rings (SSSR count). The fourth-order valence-corrected chi connectivity index (χ4v) is 4.51. The van der Waals surface area contributed by atoms with E-state index in [1.165, 1.54) is 0 Å². The van der Waals surface area contributed by atoms with Crippen LogP contribution in [0.4, 0.5) is 0 Å². The highest BCUT2D eigenvalue weighted by Crippen LogP contribution is 2.51. The number of rotatable bonds is 6. The standard InChI is InChI=1S/C22H24N2O4S/c1-5-27-22(25)19-15-11-28-21-14(18(15)23-24-19)10-13(9-12(2)3)20(26-4)17(21)16-7-6-8-29-16/h6-8,10,12H,5,9,11H2,1-4H3,(H,23,24). The van der Waals surface area contributed by atoms with Crippen molar-refractivity contribution in [1.29, 1.82) is 0 Å². The first-order chi connectivity index (χ1) is 14.0. The molecular weight excluding hydrogens is 388 g/mol. The second kappa shape index (κ2) is 7.91. The second-order valence-corrected chi connectivity index (χ2v) is 8.28. The Hall–Kier alpha value is -2.80. The number of carbonyl (C=O) groups excluding carboxylic acids is 1. The molecule has 0 saturated heterocycles. The highest BCUT2D eigenvalue weighted by Gasteiger charge is 2.32. The number of aromatic amines is 1. The predicted octanol–water partition coefficient (Wildman–Crippen LogP) is 5.08. The Morgan fingerprint density at radius 1 is 1.41 bits per heavy atom. The van der Waals surface area contributed by atoms with Crippen molar-refractivity contribution in [2.45, 2.75) is 33.8 Å². The van der Waals surface area contributed by atoms with Gasteiger partial charge in [0.2, 0.25) is 0 Å². The third-order valence-corrected chi connectivity index (χ3v) is 5.76. The summed E-state index contributed by atoms with van der Waals surface area (Å²) in [6.07, 6.45) is 0.864. The molecule has 7 heteroatoms. The van der Waals surface area contributed by atoms with E-state index in [2.05, 4.69) is 36.2 Å². The summed E-state index contributed by atoms with van der Waals surface area (Å²) < 4.78 is 17.2. The molecule has 0 atom stereocenters. The summed E-state index contributed by atoms with van der Waals surface area (Å²) in [5.41, 5.74) is 4.77. The molecular formula is C22H24N2O4S. The average Bonchev–Trinajstić information content (AvgIpc) is 3.36. The number of benzene rings is 1. The van der Waals surface area contributed by atoms with Crippen molar-refractivity contribution in [3.63, 3.8) is 0 Å². The number of esters is 1. The fourth-order valence-electron chi connectivity index (χ4n) is 3.75. The number of methoxy groups -OCH3 is 1. The van der Waals surface area contributed by atoms with Crippen LogP contribution in [0, 0.1) is 5.92 Å². The van der Waals surface area contributed by atoms with Gasteiger partial charge < -0.3 is 14.2 Å². The van der Waals surface area contributed by atoms with Gasteiger partial charge in [-0.25, -0.2) is 4.79 Å². The maximum absolute atomic E-state index is 12.3. The van der Waals surface area contributed by atoms with E-state index in [0.29, 0.717) is 12.5 Å². The number of thiophene rings is 1. The van der Waals surface area contributed by atoms with Crippen molar-refractivity contribution in [3.8, 4) is 33.2 Å². The van der Waals surface area contributed by atoms with Gasteiger partial charge in [0, 0.05) is 10.4 Å². The van der Waals surface area contributed by atoms with Crippen molar-refractivity contribution in [1.82, 2.24) is 10.2 Å². The molecule has 0 radical (unpaired) electrons. The summed E-state index contributed by atoms with van der Waals surface area (Å²) >= 11 is 1.64. The molecule has 29 heavy (non-hydrogen) atoms. The molecule has 0 spiro atoms. The Balaban J connectivity index is 1.94. The van der Waals surface area contributed by atoms with Crippen molar-refractivity contribution in [2.75, 3.05) is 13.7 Å². The first-order valence-corrected chi connectivity index (χ1v) is 10.6. The van der Waals surface area contributed by atoms with Crippen molar-refractivity contribution in [3.05, 3.63) is 40.4 Å². The summed E-state index contributed by atoms with van der Waals surface area (Å²) in [4.78, 5) is 13.4. The Morgan fingerprint density at radius 3 is 2.90 bits per heavy atom. The molecule has 2 aromatic heterocycles. The van der Waals surface area contributed by atoms with E-state index >= 15 is 0 Å². The zero-order chi connectivity index (χ0) is 20.5. The lowest BCUT2D eigenvalue weighted by atomic mass is 9.91. The lowest BCUT2D eigenvalue weighted by Crippen LogP contribution is -2.13. The summed E-state index contributed by atoms with van der Waals surface area (Å²) in [6.45, 7) is 6.69. The van der Waals surface area contributed by atoms with Crippen LogP contribution in [-0.2, 0) is 17.8 Å². The number of aromatic nitrogens is 2. The zero-order valence-corrected chi connectivity index (χ0v) is 17.8. The highest BCUT2D eigenvalue weighted by atomic mass is 32.1. The number of nitrogens with one attached hydrogen (secondary N) is 1. The van der Waals surface area contributed by atoms with E-state index in [-0.39, 0.29) is 12.3 Å². The van der Waals surface area contributed by atoms with Crippen LogP contribution < -0.4 is 9.47 Å². The Labute approximate surface area is 173 Å². The van der Waals surface area contributed by atoms with Gasteiger partial charge in [-0.3, -0.25) is 5.10 Å². The van der Waals surface area contributed by atoms with Crippen LogP contribution in [0.3, 0.4) is 0 Å². The van der Waals surface area contributed by atoms with Gasteiger partial charge in [0.05, 0.1) is 30.5 Å². The summed E-state index contributed by atoms with van der Waals surface area (Å²) in [5.74, 6) is 1.61. The van der Waals surface area contributed by atoms with Crippen molar-refractivity contribution >= 4 is 17.3 Å². The number of hydrogen-bond donors (Lipinski definition) is 1. The SMILES string of the molecule is CCOC(=O)c1n[nH]c2c1COc1c-2cc(CC(C)C)c(OC)c1-c1cccs1. The fraction of sp³-hybridized carbons (Fsp3) is 0.364. The van der Waals surface area contributed by atoms with Gasteiger partial charge in [0.15, 0.2) is 5.69 Å². The number of nitrogens with zero attached hydrogens (tertiary/aromatic N) is 1. The van der Waals surface area contributed by atoms with E-state index in [1.54, 1.807) is 25.4 Å². The minimum atomic E-state index is -0.438. The Morgan fingerprint density at radius 2 is 2.24 bits per heavy atom. The number of carbonyl (C=O) groups is 1. The quantitative estimate of drug-likeness (QED) is 0.572. The molecule has 152 valence electrons. The Bertz CT molecular complexity index is 1040. The summed E-state index contributed by atoms with van der Waals surface area (Å²) in [7, 11) is 1.70. The van der Waals surface area contributed by atoms with Crippen LogP contribution in [0.5, 0.6) is 11.5 Å². The maximum Gasteiger partial charge on any atom is 0.359 e. The predicted molar refractivity (Wildman–Crippen MR) is 113 cm³/mol. The van der Waals surface area contributed by atoms with Gasteiger partial charge in [-0.1, -0.05) is 19.9 Å². The molecule has 0 amide bonds. The molecule has 0 aliphatic carbocycles. The molecule has 1 N–H and O–H groups in total. The minimum Gasteiger partial charge on any atom is -0.496 e. The molecule has 6 nitrogen and oxygen atoms in total. The first kappa shape index (κ1) is 19.5. The molecule has 1 aliphatic rings. The van der Waals surface area contributed by atoms with Crippen molar-refractivity contribution in [2.24, 2.45) is 5.92 Å². The molecule has 3 heterocycles. The number of fused-ring (bicyclic) bond motifs is 3. The van der Waals surface area contributed by atoms with Gasteiger partial charge in [0.1, 0.15) is 18.1 Å². The van der Waals surface area contributed by atoms with E-state index in [9.17, 15) is 4.79 Å². The average molecular weight is 413 g/mol. The third kappa shape index (κ3) is 3.40. The largest absolute Gasteiger partial charge is 0.496 e. The molecule has 1 aliphatic heterocycles. The number of ether oxygens (including phenoxy) is 3. The lowest BCUT2D eigenvalue weighted by molar-refractivity contribution is 0.0516. The molecule has 1 aromatic carbocycles. The first-order valence-electron chi connectivity index (χ1n) is 9.70. The molecule has 0 unspecified atom stereocenters. The summed E-state index contributed by atoms with van der Waals surface area (Å²) in [5, 5.41) is 9.32.